The number of benzene rings is 3. The van der Waals surface area contributed by atoms with Crippen LogP contribution in [0.25, 0.3) is 10.9 Å². The van der Waals surface area contributed by atoms with Crippen LogP contribution in [0.5, 0.6) is 5.75 Å². The van der Waals surface area contributed by atoms with Crippen LogP contribution in [0, 0.1) is 0 Å². The van der Waals surface area contributed by atoms with E-state index in [1.807, 2.05) is 67.4 Å². The van der Waals surface area contributed by atoms with Crippen molar-refractivity contribution < 1.29 is 14.3 Å². The van der Waals surface area contributed by atoms with E-state index in [-0.39, 0.29) is 24.4 Å². The van der Waals surface area contributed by atoms with Gasteiger partial charge < -0.3 is 19.5 Å². The van der Waals surface area contributed by atoms with E-state index in [2.05, 4.69) is 11.1 Å². The lowest BCUT2D eigenvalue weighted by Crippen LogP contribution is -2.46. The fourth-order valence-corrected chi connectivity index (χ4v) is 4.55. The third-order valence-corrected chi connectivity index (χ3v) is 6.71. The van der Waals surface area contributed by atoms with Crippen molar-refractivity contribution in [1.29, 1.82) is 0 Å². The molecule has 1 aromatic heterocycles. The summed E-state index contributed by atoms with van der Waals surface area (Å²) in [7, 11) is 1.63. The summed E-state index contributed by atoms with van der Waals surface area (Å²) in [6.45, 7) is 4.75. The van der Waals surface area contributed by atoms with Gasteiger partial charge in [0.2, 0.25) is 5.91 Å². The molecule has 0 atom stereocenters. The fraction of sp³-hybridized carbons (Fsp3) is 0.267. The van der Waals surface area contributed by atoms with E-state index in [0.717, 1.165) is 27.8 Å². The van der Waals surface area contributed by atoms with Crippen molar-refractivity contribution in [3.8, 4) is 5.75 Å². The number of hydrogen-bond acceptors (Lipinski definition) is 3. The summed E-state index contributed by atoms with van der Waals surface area (Å²) in [4.78, 5) is 33.7. The number of nitrogens with zero attached hydrogens (tertiary/aromatic N) is 2. The standard InChI is InChI=1S/C30H32ClN3O3/c1-21(2)34(30(36)23-7-6-8-25(31)17-23)20-29(35)33(19-22-11-13-26(37-3)14-12-22)16-15-24-18-32-28-10-5-4-9-27(24)28/h4-14,17-18,21,32H,15-16,19-20H2,1-3H3. The Bertz CT molecular complexity index is 1360. The molecule has 3 aromatic carbocycles. The van der Waals surface area contributed by atoms with Crippen LogP contribution in [-0.2, 0) is 17.8 Å². The molecule has 0 saturated heterocycles. The van der Waals surface area contributed by atoms with Gasteiger partial charge in [-0.25, -0.2) is 0 Å². The van der Waals surface area contributed by atoms with Gasteiger partial charge in [-0.05, 0) is 67.8 Å². The third-order valence-electron chi connectivity index (χ3n) is 6.47. The van der Waals surface area contributed by atoms with Gasteiger partial charge in [0, 0.05) is 46.8 Å². The van der Waals surface area contributed by atoms with Gasteiger partial charge in [0.15, 0.2) is 0 Å². The predicted octanol–water partition coefficient (Wildman–Crippen LogP) is 5.95. The fourth-order valence-electron chi connectivity index (χ4n) is 4.36. The number of para-hydroxylation sites is 1. The highest BCUT2D eigenvalue weighted by molar-refractivity contribution is 6.31. The first-order valence-corrected chi connectivity index (χ1v) is 12.8. The smallest absolute Gasteiger partial charge is 0.254 e. The summed E-state index contributed by atoms with van der Waals surface area (Å²) in [5.41, 5.74) is 3.68. The van der Waals surface area contributed by atoms with E-state index in [0.29, 0.717) is 30.1 Å². The minimum Gasteiger partial charge on any atom is -0.497 e. The summed E-state index contributed by atoms with van der Waals surface area (Å²) >= 11 is 6.12. The molecule has 0 fully saturated rings. The highest BCUT2D eigenvalue weighted by Gasteiger charge is 2.25. The van der Waals surface area contributed by atoms with Gasteiger partial charge in [0.05, 0.1) is 7.11 Å². The number of aromatic amines is 1. The Morgan fingerprint density at radius 2 is 1.76 bits per heavy atom. The maximum atomic E-state index is 13.7. The van der Waals surface area contributed by atoms with Crippen molar-refractivity contribution >= 4 is 34.3 Å². The number of hydrogen-bond donors (Lipinski definition) is 1. The Balaban J connectivity index is 1.55. The summed E-state index contributed by atoms with van der Waals surface area (Å²) in [5, 5.41) is 1.64. The van der Waals surface area contributed by atoms with Gasteiger partial charge in [-0.15, -0.1) is 0 Å². The number of methoxy groups -OCH3 is 1. The SMILES string of the molecule is COc1ccc(CN(CCc2c[nH]c3ccccc23)C(=O)CN(C(=O)c2cccc(Cl)c2)C(C)C)cc1. The second-order valence-corrected chi connectivity index (χ2v) is 9.75. The van der Waals surface area contributed by atoms with Crippen molar-refractivity contribution in [2.45, 2.75) is 32.9 Å². The molecule has 0 aliphatic rings. The van der Waals surface area contributed by atoms with Crippen molar-refractivity contribution in [3.05, 3.63) is 101 Å². The second-order valence-electron chi connectivity index (χ2n) is 9.31. The number of carbonyl (C=O) groups is 2. The van der Waals surface area contributed by atoms with E-state index in [1.165, 1.54) is 0 Å². The number of rotatable bonds is 10. The second kappa shape index (κ2) is 12.0. The molecule has 192 valence electrons. The van der Waals surface area contributed by atoms with E-state index >= 15 is 0 Å². The molecule has 6 nitrogen and oxygen atoms in total. The number of halogens is 1. The number of amides is 2. The monoisotopic (exact) mass is 517 g/mol. The normalized spacial score (nSPS) is 11.1. The zero-order chi connectivity index (χ0) is 26.4. The number of aromatic nitrogens is 1. The molecule has 0 bridgehead atoms. The van der Waals surface area contributed by atoms with Gasteiger partial charge in [0.25, 0.3) is 5.91 Å². The summed E-state index contributed by atoms with van der Waals surface area (Å²) in [5.74, 6) is 0.435. The largest absolute Gasteiger partial charge is 0.497 e. The number of carbonyl (C=O) groups excluding carboxylic acids is 2. The Kier molecular flexibility index (Phi) is 8.51. The van der Waals surface area contributed by atoms with Crippen LogP contribution < -0.4 is 4.74 Å². The first-order valence-electron chi connectivity index (χ1n) is 12.4. The molecule has 1 N–H and O–H groups in total. The van der Waals surface area contributed by atoms with Gasteiger partial charge >= 0.3 is 0 Å². The highest BCUT2D eigenvalue weighted by Crippen LogP contribution is 2.20. The maximum absolute atomic E-state index is 13.7. The Morgan fingerprint density at radius 1 is 1.00 bits per heavy atom. The summed E-state index contributed by atoms with van der Waals surface area (Å²) < 4.78 is 5.28. The van der Waals surface area contributed by atoms with Gasteiger partial charge in [-0.3, -0.25) is 9.59 Å². The Labute approximate surface area is 222 Å². The van der Waals surface area contributed by atoms with Gasteiger partial charge in [0.1, 0.15) is 12.3 Å². The van der Waals surface area contributed by atoms with Crippen LogP contribution in [0.15, 0.2) is 79.0 Å². The lowest BCUT2D eigenvalue weighted by Gasteiger charge is -2.30. The van der Waals surface area contributed by atoms with Gasteiger partial charge in [-0.1, -0.05) is 48.0 Å². The van der Waals surface area contributed by atoms with Crippen molar-refractivity contribution in [1.82, 2.24) is 14.8 Å². The molecule has 7 heteroatoms. The van der Waals surface area contributed by atoms with Crippen molar-refractivity contribution in [2.24, 2.45) is 0 Å². The van der Waals surface area contributed by atoms with Crippen LogP contribution in [0.3, 0.4) is 0 Å². The molecular weight excluding hydrogens is 486 g/mol. The van der Waals surface area contributed by atoms with Crippen LogP contribution in [0.2, 0.25) is 5.02 Å². The summed E-state index contributed by atoms with van der Waals surface area (Å²) in [6, 6.07) is 22.5. The molecule has 0 radical (unpaired) electrons. The molecular formula is C30H32ClN3O3. The van der Waals surface area contributed by atoms with E-state index < -0.39 is 0 Å². The molecule has 37 heavy (non-hydrogen) atoms. The van der Waals surface area contributed by atoms with Crippen molar-refractivity contribution in [3.63, 3.8) is 0 Å². The number of nitrogens with one attached hydrogen (secondary N) is 1. The van der Waals surface area contributed by atoms with Gasteiger partial charge in [-0.2, -0.15) is 0 Å². The van der Waals surface area contributed by atoms with E-state index in [4.69, 9.17) is 16.3 Å². The maximum Gasteiger partial charge on any atom is 0.254 e. The van der Waals surface area contributed by atoms with Crippen LogP contribution >= 0.6 is 11.6 Å². The lowest BCUT2D eigenvalue weighted by atomic mass is 10.1. The number of H-pyrrole nitrogens is 1. The zero-order valence-electron chi connectivity index (χ0n) is 21.4. The zero-order valence-corrected chi connectivity index (χ0v) is 22.2. The molecule has 0 saturated carbocycles. The topological polar surface area (TPSA) is 65.6 Å². The lowest BCUT2D eigenvalue weighted by molar-refractivity contribution is -0.132. The van der Waals surface area contributed by atoms with Crippen LogP contribution in [-0.4, -0.2) is 52.8 Å². The summed E-state index contributed by atoms with van der Waals surface area (Å²) in [6.07, 6.45) is 2.69. The molecule has 0 aliphatic heterocycles. The molecule has 4 rings (SSSR count). The number of ether oxygens (including phenoxy) is 1. The molecule has 2 amide bonds. The molecule has 1 heterocycles. The minimum atomic E-state index is -0.216. The highest BCUT2D eigenvalue weighted by atomic mass is 35.5. The quantitative estimate of drug-likeness (QED) is 0.282. The van der Waals surface area contributed by atoms with Crippen molar-refractivity contribution in [2.75, 3.05) is 20.2 Å². The average Bonchev–Trinajstić information content (AvgIpc) is 3.32. The first-order chi connectivity index (χ1) is 17.9. The molecule has 0 aliphatic carbocycles. The Hall–Kier alpha value is -3.77. The third kappa shape index (κ3) is 6.52. The van der Waals surface area contributed by atoms with E-state index in [9.17, 15) is 9.59 Å². The predicted molar refractivity (Wildman–Crippen MR) is 148 cm³/mol. The molecule has 0 spiro atoms. The first kappa shape index (κ1) is 26.3. The minimum absolute atomic E-state index is 0.0208. The van der Waals surface area contributed by atoms with Crippen LogP contribution in [0.1, 0.15) is 35.3 Å². The number of fused-ring (bicyclic) bond motifs is 1. The Morgan fingerprint density at radius 3 is 2.46 bits per heavy atom. The average molecular weight is 518 g/mol. The van der Waals surface area contributed by atoms with Crippen LogP contribution in [0.4, 0.5) is 0 Å². The molecule has 4 aromatic rings. The molecule has 0 unspecified atom stereocenters. The van der Waals surface area contributed by atoms with E-state index in [1.54, 1.807) is 36.3 Å².